The van der Waals surface area contributed by atoms with E-state index in [4.69, 9.17) is 14.1 Å². The third kappa shape index (κ3) is 4.67. The molecule has 0 aliphatic carbocycles. The van der Waals surface area contributed by atoms with Crippen molar-refractivity contribution in [2.45, 2.75) is 26.8 Å². The van der Waals surface area contributed by atoms with Gasteiger partial charge in [-0.3, -0.25) is 14.2 Å². The molecule has 4 aromatic rings. The van der Waals surface area contributed by atoms with E-state index in [2.05, 4.69) is 6.07 Å². The molecule has 2 aromatic heterocycles. The fourth-order valence-corrected chi connectivity index (χ4v) is 5.99. The third-order valence-corrected chi connectivity index (χ3v) is 7.93. The Kier molecular flexibility index (Phi) is 7.54. The van der Waals surface area contributed by atoms with Crippen molar-refractivity contribution in [2.24, 2.45) is 4.99 Å². The minimum absolute atomic E-state index is 0.164. The van der Waals surface area contributed by atoms with Crippen molar-refractivity contribution in [3.8, 4) is 23.1 Å². The molecule has 0 saturated heterocycles. The van der Waals surface area contributed by atoms with Gasteiger partial charge in [0.2, 0.25) is 0 Å². The molecule has 1 aliphatic rings. The van der Waals surface area contributed by atoms with Crippen molar-refractivity contribution in [2.75, 3.05) is 20.2 Å². The Morgan fingerprint density at radius 2 is 1.88 bits per heavy atom. The molecule has 0 spiro atoms. The van der Waals surface area contributed by atoms with E-state index >= 15 is 0 Å². The molecule has 0 bridgehead atoms. The Balaban J connectivity index is 1.68. The van der Waals surface area contributed by atoms with Crippen molar-refractivity contribution in [3.63, 3.8) is 0 Å². The SMILES string of the molecule is CCN(CC)C(=O)C1=C(C)N=c2s/c(=C/c3ccc(-c4ccccc4C#N)o3)c(=O)n2[C@H]1c1ccccc1OC. The molecular weight excluding hydrogens is 524 g/mol. The second-order valence-corrected chi connectivity index (χ2v) is 10.2. The Labute approximate surface area is 235 Å². The minimum atomic E-state index is -0.711. The van der Waals surface area contributed by atoms with Crippen molar-refractivity contribution in [3.05, 3.63) is 109 Å². The molecule has 1 atom stereocenters. The maximum absolute atomic E-state index is 14.0. The number of nitriles is 1. The summed E-state index contributed by atoms with van der Waals surface area (Å²) in [6.45, 7) is 6.73. The number of benzene rings is 2. The summed E-state index contributed by atoms with van der Waals surface area (Å²) in [5.74, 6) is 1.42. The van der Waals surface area contributed by atoms with Crippen LogP contribution in [0.25, 0.3) is 17.4 Å². The number of nitrogens with zero attached hydrogens (tertiary/aromatic N) is 4. The third-order valence-electron chi connectivity index (χ3n) is 6.95. The first-order chi connectivity index (χ1) is 19.4. The van der Waals surface area contributed by atoms with Crippen LogP contribution in [0.1, 0.15) is 43.7 Å². The summed E-state index contributed by atoms with van der Waals surface area (Å²) in [6, 6.07) is 19.6. The van der Waals surface area contributed by atoms with Gasteiger partial charge >= 0.3 is 0 Å². The number of fused-ring (bicyclic) bond motifs is 1. The number of carbonyl (C=O) groups excluding carboxylic acids is 1. The normalized spacial score (nSPS) is 14.9. The lowest BCUT2D eigenvalue weighted by Crippen LogP contribution is -2.43. The quantitative estimate of drug-likeness (QED) is 0.341. The lowest BCUT2D eigenvalue weighted by molar-refractivity contribution is -0.127. The number of allylic oxidation sites excluding steroid dienone is 1. The van der Waals surface area contributed by atoms with Gasteiger partial charge in [0, 0.05) is 30.3 Å². The topological polar surface area (TPSA) is 101 Å². The predicted octanol–water partition coefficient (Wildman–Crippen LogP) is 4.24. The molecule has 2 aromatic carbocycles. The molecule has 1 amide bonds. The van der Waals surface area contributed by atoms with Crippen LogP contribution in [0.4, 0.5) is 0 Å². The summed E-state index contributed by atoms with van der Waals surface area (Å²) in [7, 11) is 1.57. The molecule has 202 valence electrons. The van der Waals surface area contributed by atoms with E-state index in [1.54, 1.807) is 46.9 Å². The Bertz CT molecular complexity index is 1850. The number of furan rings is 1. The lowest BCUT2D eigenvalue weighted by Gasteiger charge is -2.29. The number of ether oxygens (including phenoxy) is 1. The zero-order valence-electron chi connectivity index (χ0n) is 22.7. The Morgan fingerprint density at radius 1 is 1.15 bits per heavy atom. The number of aromatic nitrogens is 1. The van der Waals surface area contributed by atoms with Crippen LogP contribution in [-0.4, -0.2) is 35.6 Å². The summed E-state index contributed by atoms with van der Waals surface area (Å²) in [4.78, 5) is 34.7. The molecule has 0 saturated carbocycles. The number of amides is 1. The molecule has 3 heterocycles. The highest BCUT2D eigenvalue weighted by molar-refractivity contribution is 7.07. The van der Waals surface area contributed by atoms with E-state index in [1.165, 1.54) is 11.3 Å². The lowest BCUT2D eigenvalue weighted by atomic mass is 9.94. The first-order valence-electron chi connectivity index (χ1n) is 13.0. The molecule has 9 heteroatoms. The molecule has 0 unspecified atom stereocenters. The van der Waals surface area contributed by atoms with Gasteiger partial charge in [-0.05, 0) is 51.1 Å². The van der Waals surface area contributed by atoms with Crippen LogP contribution in [0.2, 0.25) is 0 Å². The number of likely N-dealkylation sites (N-methyl/N-ethyl adjacent to an activating group) is 1. The van der Waals surface area contributed by atoms with Crippen LogP contribution in [0.15, 0.2) is 86.1 Å². The molecule has 0 N–H and O–H groups in total. The Hall–Kier alpha value is -4.68. The number of thiazole rings is 1. The average molecular weight is 553 g/mol. The summed E-state index contributed by atoms with van der Waals surface area (Å²) in [6.07, 6.45) is 1.67. The largest absolute Gasteiger partial charge is 0.496 e. The zero-order chi connectivity index (χ0) is 28.4. The van der Waals surface area contributed by atoms with Gasteiger partial charge < -0.3 is 14.1 Å². The number of hydrogen-bond donors (Lipinski definition) is 0. The fraction of sp³-hybridized carbons (Fsp3) is 0.226. The molecule has 5 rings (SSSR count). The Morgan fingerprint density at radius 3 is 2.60 bits per heavy atom. The van der Waals surface area contributed by atoms with Gasteiger partial charge in [-0.15, -0.1) is 0 Å². The second-order valence-electron chi connectivity index (χ2n) is 9.16. The fourth-order valence-electron chi connectivity index (χ4n) is 4.96. The number of rotatable bonds is 7. The van der Waals surface area contributed by atoms with Gasteiger partial charge in [-0.2, -0.15) is 5.26 Å². The first-order valence-corrected chi connectivity index (χ1v) is 13.8. The molecule has 40 heavy (non-hydrogen) atoms. The zero-order valence-corrected chi connectivity index (χ0v) is 23.5. The van der Waals surface area contributed by atoms with E-state index in [9.17, 15) is 14.9 Å². The summed E-state index contributed by atoms with van der Waals surface area (Å²) >= 11 is 1.23. The van der Waals surface area contributed by atoms with Gasteiger partial charge in [-0.25, -0.2) is 4.99 Å². The van der Waals surface area contributed by atoms with Crippen molar-refractivity contribution in [1.82, 2.24) is 9.47 Å². The van der Waals surface area contributed by atoms with Gasteiger partial charge in [0.1, 0.15) is 23.3 Å². The van der Waals surface area contributed by atoms with E-state index in [-0.39, 0.29) is 11.5 Å². The van der Waals surface area contributed by atoms with Crippen molar-refractivity contribution >= 4 is 23.3 Å². The van der Waals surface area contributed by atoms with Crippen LogP contribution >= 0.6 is 11.3 Å². The number of carbonyl (C=O) groups is 1. The monoisotopic (exact) mass is 552 g/mol. The van der Waals surface area contributed by atoms with E-state index in [1.807, 2.05) is 57.2 Å². The van der Waals surface area contributed by atoms with Gasteiger partial charge in [0.05, 0.1) is 34.5 Å². The van der Waals surface area contributed by atoms with E-state index in [0.29, 0.717) is 67.7 Å². The standard InChI is InChI=1S/C31H28N4O4S/c1-5-34(6-2)30(37)27-19(3)33-31-35(28(27)23-13-9-10-14-24(23)38-4)29(36)26(40-31)17-21-15-16-25(39-21)22-12-8-7-11-20(22)18-32/h7-17,28H,5-6H2,1-4H3/b26-17+/t28-/m0/s1. The molecule has 1 aliphatic heterocycles. The van der Waals surface area contributed by atoms with Gasteiger partial charge in [0.15, 0.2) is 4.80 Å². The second kappa shape index (κ2) is 11.2. The molecule has 0 fully saturated rings. The van der Waals surface area contributed by atoms with E-state index in [0.717, 1.165) is 0 Å². The predicted molar refractivity (Wildman–Crippen MR) is 154 cm³/mol. The highest BCUT2D eigenvalue weighted by Crippen LogP contribution is 2.36. The number of hydrogen-bond acceptors (Lipinski definition) is 7. The summed E-state index contributed by atoms with van der Waals surface area (Å²) in [5.41, 5.74) is 2.61. The van der Waals surface area contributed by atoms with E-state index < -0.39 is 6.04 Å². The van der Waals surface area contributed by atoms with Crippen LogP contribution < -0.4 is 19.6 Å². The average Bonchev–Trinajstić information content (AvgIpc) is 3.56. The first kappa shape index (κ1) is 26.9. The van der Waals surface area contributed by atoms with Gasteiger partial charge in [0.25, 0.3) is 11.5 Å². The molecule has 8 nitrogen and oxygen atoms in total. The van der Waals surface area contributed by atoms with Crippen molar-refractivity contribution < 1.29 is 13.9 Å². The molecule has 0 radical (unpaired) electrons. The van der Waals surface area contributed by atoms with Crippen LogP contribution in [0.3, 0.4) is 0 Å². The highest BCUT2D eigenvalue weighted by Gasteiger charge is 2.35. The molecular formula is C31H28N4O4S. The summed E-state index contributed by atoms with van der Waals surface area (Å²) in [5, 5.41) is 9.46. The smallest absolute Gasteiger partial charge is 0.271 e. The highest BCUT2D eigenvalue weighted by atomic mass is 32.1. The number of para-hydroxylation sites is 1. The number of methoxy groups -OCH3 is 1. The van der Waals surface area contributed by atoms with Crippen molar-refractivity contribution in [1.29, 1.82) is 5.26 Å². The van der Waals surface area contributed by atoms with Crippen LogP contribution in [0, 0.1) is 11.3 Å². The maximum atomic E-state index is 14.0. The van der Waals surface area contributed by atoms with Crippen LogP contribution in [0.5, 0.6) is 5.75 Å². The maximum Gasteiger partial charge on any atom is 0.271 e. The van der Waals surface area contributed by atoms with Crippen LogP contribution in [-0.2, 0) is 4.79 Å². The summed E-state index contributed by atoms with van der Waals surface area (Å²) < 4.78 is 13.7. The minimum Gasteiger partial charge on any atom is -0.496 e. The van der Waals surface area contributed by atoms with Gasteiger partial charge in [-0.1, -0.05) is 41.7 Å².